The van der Waals surface area contributed by atoms with Gasteiger partial charge in [0.05, 0.1) is 11.0 Å². The molecule has 2 heterocycles. The summed E-state index contributed by atoms with van der Waals surface area (Å²) in [5.41, 5.74) is 9.08. The summed E-state index contributed by atoms with van der Waals surface area (Å²) in [6, 6.07) is 43.5. The molecule has 6 aromatic carbocycles. The second-order valence-corrected chi connectivity index (χ2v) is 10.6. The summed E-state index contributed by atoms with van der Waals surface area (Å²) in [5, 5.41) is 4.66. The normalized spacial score (nSPS) is 11.5. The van der Waals surface area contributed by atoms with Crippen molar-refractivity contribution in [2.45, 2.75) is 0 Å². The minimum atomic E-state index is -0.518. The van der Waals surface area contributed by atoms with Crippen molar-refractivity contribution in [2.24, 2.45) is 0 Å². The van der Waals surface area contributed by atoms with Crippen LogP contribution in [0.1, 0.15) is 20.7 Å². The van der Waals surface area contributed by atoms with Gasteiger partial charge in [0.1, 0.15) is 0 Å². The average molecular weight is 541 g/mol. The van der Waals surface area contributed by atoms with E-state index in [9.17, 15) is 9.59 Å². The van der Waals surface area contributed by atoms with Gasteiger partial charge in [0.25, 0.3) is 0 Å². The van der Waals surface area contributed by atoms with Gasteiger partial charge in [0, 0.05) is 54.8 Å². The fraction of sp³-hybridized carbons (Fsp3) is 0. The predicted octanol–water partition coefficient (Wildman–Crippen LogP) is 9.36. The van der Waals surface area contributed by atoms with E-state index in [1.54, 1.807) is 24.3 Å². The Morgan fingerprint density at radius 3 is 1.19 bits per heavy atom. The maximum Gasteiger partial charge on any atom is 0.233 e. The van der Waals surface area contributed by atoms with E-state index in [-0.39, 0.29) is 0 Å². The highest BCUT2D eigenvalue weighted by atomic mass is 16.2. The molecule has 0 aliphatic heterocycles. The number of hydrogen-bond donors (Lipinski definition) is 2. The number of aromatic amines is 2. The van der Waals surface area contributed by atoms with Gasteiger partial charge < -0.3 is 9.97 Å². The van der Waals surface area contributed by atoms with E-state index in [1.165, 1.54) is 10.8 Å². The highest BCUT2D eigenvalue weighted by molar-refractivity contribution is 6.49. The molecule has 2 N–H and O–H groups in total. The Hall–Kier alpha value is -5.74. The van der Waals surface area contributed by atoms with Gasteiger partial charge in [-0.25, -0.2) is 0 Å². The van der Waals surface area contributed by atoms with E-state index in [2.05, 4.69) is 58.5 Å². The van der Waals surface area contributed by atoms with Gasteiger partial charge >= 0.3 is 0 Å². The van der Waals surface area contributed by atoms with Crippen molar-refractivity contribution >= 4 is 55.2 Å². The van der Waals surface area contributed by atoms with Crippen molar-refractivity contribution < 1.29 is 9.59 Å². The topological polar surface area (TPSA) is 65.7 Å². The first-order valence-corrected chi connectivity index (χ1v) is 13.9. The molecule has 0 aliphatic carbocycles. The Morgan fingerprint density at radius 2 is 0.762 bits per heavy atom. The van der Waals surface area contributed by atoms with Crippen LogP contribution >= 0.6 is 0 Å². The summed E-state index contributed by atoms with van der Waals surface area (Å²) < 4.78 is 0. The van der Waals surface area contributed by atoms with Crippen LogP contribution in [0.4, 0.5) is 0 Å². The zero-order valence-electron chi connectivity index (χ0n) is 22.5. The molecule has 0 bridgehead atoms. The molecule has 0 unspecified atom stereocenters. The predicted molar refractivity (Wildman–Crippen MR) is 171 cm³/mol. The standard InChI is InChI=1S/C38H24N2O2/c41-37(25-19-15-23(16-20-25)27-9-5-11-31-29-7-1-3-13-33(29)39-35(27)31)38(42)26-21-17-24(18-22-26)28-10-6-12-32-30-8-2-4-14-34(30)40-36(28)32/h1-22,39-40H. The number of fused-ring (bicyclic) bond motifs is 6. The molecule has 0 saturated carbocycles. The van der Waals surface area contributed by atoms with Crippen LogP contribution in [0.2, 0.25) is 0 Å². The van der Waals surface area contributed by atoms with Crippen LogP contribution in [-0.4, -0.2) is 21.5 Å². The van der Waals surface area contributed by atoms with Gasteiger partial charge in [-0.05, 0) is 23.3 Å². The Kier molecular flexibility index (Phi) is 5.41. The fourth-order valence-electron chi connectivity index (χ4n) is 6.09. The lowest BCUT2D eigenvalue weighted by molar-refractivity contribution is 0.0817. The Labute approximate surface area is 241 Å². The molecular weight excluding hydrogens is 516 g/mol. The van der Waals surface area contributed by atoms with Crippen molar-refractivity contribution in [3.63, 3.8) is 0 Å². The fourth-order valence-corrected chi connectivity index (χ4v) is 6.09. The molecular formula is C38H24N2O2. The van der Waals surface area contributed by atoms with Gasteiger partial charge in [-0.1, -0.05) is 121 Å². The van der Waals surface area contributed by atoms with Gasteiger partial charge in [-0.2, -0.15) is 0 Å². The monoisotopic (exact) mass is 540 g/mol. The Morgan fingerprint density at radius 1 is 0.381 bits per heavy atom. The maximum absolute atomic E-state index is 13.2. The molecule has 8 rings (SSSR count). The van der Waals surface area contributed by atoms with E-state index >= 15 is 0 Å². The summed E-state index contributed by atoms with van der Waals surface area (Å²) in [6.45, 7) is 0. The molecule has 8 aromatic rings. The number of carbonyl (C=O) groups excluding carboxylic acids is 2. The quantitative estimate of drug-likeness (QED) is 0.169. The lowest BCUT2D eigenvalue weighted by Gasteiger charge is -2.07. The summed E-state index contributed by atoms with van der Waals surface area (Å²) in [5.74, 6) is -1.04. The molecule has 0 aliphatic rings. The zero-order valence-corrected chi connectivity index (χ0v) is 22.5. The summed E-state index contributed by atoms with van der Waals surface area (Å²) in [7, 11) is 0. The van der Waals surface area contributed by atoms with Gasteiger partial charge in [0.15, 0.2) is 0 Å². The van der Waals surface area contributed by atoms with Crippen molar-refractivity contribution in [3.05, 3.63) is 145 Å². The minimum absolute atomic E-state index is 0.375. The largest absolute Gasteiger partial charge is 0.354 e. The lowest BCUT2D eigenvalue weighted by atomic mass is 9.96. The van der Waals surface area contributed by atoms with Gasteiger partial charge in [0.2, 0.25) is 11.6 Å². The molecule has 0 spiro atoms. The van der Waals surface area contributed by atoms with Crippen LogP contribution in [0.3, 0.4) is 0 Å². The highest BCUT2D eigenvalue weighted by Crippen LogP contribution is 2.34. The number of H-pyrrole nitrogens is 2. The third-order valence-electron chi connectivity index (χ3n) is 8.21. The molecule has 42 heavy (non-hydrogen) atoms. The van der Waals surface area contributed by atoms with Crippen LogP contribution in [0, 0.1) is 0 Å². The second kappa shape index (κ2) is 9.43. The number of Topliss-reactive ketones (excluding diaryl/α,β-unsaturated/α-hetero) is 2. The number of hydrogen-bond acceptors (Lipinski definition) is 2. The van der Waals surface area contributed by atoms with Crippen molar-refractivity contribution in [2.75, 3.05) is 0 Å². The smallest absolute Gasteiger partial charge is 0.233 e. The third-order valence-corrected chi connectivity index (χ3v) is 8.21. The summed E-state index contributed by atoms with van der Waals surface area (Å²) in [6.07, 6.45) is 0. The molecule has 2 aromatic heterocycles. The maximum atomic E-state index is 13.2. The van der Waals surface area contributed by atoms with Crippen LogP contribution in [0.25, 0.3) is 65.9 Å². The summed E-state index contributed by atoms with van der Waals surface area (Å²) in [4.78, 5) is 33.4. The minimum Gasteiger partial charge on any atom is -0.354 e. The number of aromatic nitrogens is 2. The Bertz CT molecular complexity index is 2150. The number of rotatable bonds is 5. The summed E-state index contributed by atoms with van der Waals surface area (Å²) >= 11 is 0. The van der Waals surface area contributed by atoms with Gasteiger partial charge in [-0.15, -0.1) is 0 Å². The first kappa shape index (κ1) is 24.1. The number of para-hydroxylation sites is 4. The van der Waals surface area contributed by atoms with Crippen LogP contribution in [0.5, 0.6) is 0 Å². The first-order chi connectivity index (χ1) is 20.7. The molecule has 0 radical (unpaired) electrons. The van der Waals surface area contributed by atoms with E-state index in [0.717, 1.165) is 55.1 Å². The number of ketones is 2. The van der Waals surface area contributed by atoms with Gasteiger partial charge in [-0.3, -0.25) is 9.59 Å². The average Bonchev–Trinajstić information content (AvgIpc) is 3.63. The SMILES string of the molecule is O=C(C(=O)c1ccc(-c2cccc3c2[nH]c2ccccc23)cc1)c1ccc(-c2cccc3c2[nH]c2ccccc23)cc1. The van der Waals surface area contributed by atoms with E-state index in [1.807, 2.05) is 60.7 Å². The second-order valence-electron chi connectivity index (χ2n) is 10.6. The molecule has 4 nitrogen and oxygen atoms in total. The van der Waals surface area contributed by atoms with E-state index < -0.39 is 11.6 Å². The van der Waals surface area contributed by atoms with Crippen molar-refractivity contribution in [1.82, 2.24) is 9.97 Å². The van der Waals surface area contributed by atoms with Crippen LogP contribution < -0.4 is 0 Å². The van der Waals surface area contributed by atoms with Crippen LogP contribution in [0.15, 0.2) is 133 Å². The number of nitrogens with one attached hydrogen (secondary N) is 2. The lowest BCUT2D eigenvalue weighted by Crippen LogP contribution is -2.14. The first-order valence-electron chi connectivity index (χ1n) is 13.9. The van der Waals surface area contributed by atoms with E-state index in [4.69, 9.17) is 0 Å². The number of benzene rings is 6. The third kappa shape index (κ3) is 3.77. The molecule has 0 saturated heterocycles. The van der Waals surface area contributed by atoms with Crippen molar-refractivity contribution in [1.29, 1.82) is 0 Å². The number of carbonyl (C=O) groups is 2. The molecule has 198 valence electrons. The molecule has 0 fully saturated rings. The molecule has 0 atom stereocenters. The molecule has 4 heteroatoms. The van der Waals surface area contributed by atoms with E-state index in [0.29, 0.717) is 11.1 Å². The zero-order chi connectivity index (χ0) is 28.2. The van der Waals surface area contributed by atoms with Crippen molar-refractivity contribution in [3.8, 4) is 22.3 Å². The Balaban J connectivity index is 1.07. The molecule has 0 amide bonds. The van der Waals surface area contributed by atoms with Crippen LogP contribution in [-0.2, 0) is 0 Å². The highest BCUT2D eigenvalue weighted by Gasteiger charge is 2.19.